The van der Waals surface area contributed by atoms with Gasteiger partial charge in [0, 0.05) is 64.4 Å². The smallest absolute Gasteiger partial charge is 0.497 e. The van der Waals surface area contributed by atoms with Gasteiger partial charge in [0.05, 0.1) is 24.0 Å². The van der Waals surface area contributed by atoms with Crippen LogP contribution in [0, 0.1) is 13.8 Å². The topological polar surface area (TPSA) is 157 Å². The highest BCUT2D eigenvalue weighted by Crippen LogP contribution is 2.32. The van der Waals surface area contributed by atoms with Crippen LogP contribution in [-0.2, 0) is 23.1 Å². The first-order chi connectivity index (χ1) is 26.2. The van der Waals surface area contributed by atoms with Crippen LogP contribution in [0.25, 0.3) is 30.9 Å². The molecule has 0 atom stereocenters. The lowest BCUT2D eigenvalue weighted by Gasteiger charge is -2.10. The van der Waals surface area contributed by atoms with Gasteiger partial charge in [0.1, 0.15) is 21.2 Å². The quantitative estimate of drug-likeness (QED) is 0.0358. The molecule has 0 amide bonds. The summed E-state index contributed by atoms with van der Waals surface area (Å²) in [5.74, 6) is 1.25. The number of nitrogens with zero attached hydrogens (tertiary/aromatic N) is 5. The van der Waals surface area contributed by atoms with E-state index in [4.69, 9.17) is 15.0 Å². The fourth-order valence-corrected chi connectivity index (χ4v) is 8.71. The zero-order chi connectivity index (χ0) is 39.9. The molecule has 0 saturated heterocycles. The van der Waals surface area contributed by atoms with Crippen molar-refractivity contribution in [3.05, 3.63) is 116 Å². The predicted molar refractivity (Wildman–Crippen MR) is 208 cm³/mol. The van der Waals surface area contributed by atoms with Crippen LogP contribution < -0.4 is 14.2 Å². The highest BCUT2D eigenvalue weighted by molar-refractivity contribution is 7.90. The van der Waals surface area contributed by atoms with Crippen molar-refractivity contribution in [2.45, 2.75) is 45.3 Å². The average Bonchev–Trinajstić information content (AvgIpc) is 3.91. The highest BCUT2D eigenvalue weighted by Gasteiger charge is 2.45. The largest absolute Gasteiger partial charge is 0.511 e. The van der Waals surface area contributed by atoms with Crippen molar-refractivity contribution in [1.29, 1.82) is 0 Å². The summed E-state index contributed by atoms with van der Waals surface area (Å²) in [6, 6.07) is 21.6. The lowest BCUT2D eigenvalue weighted by Crippen LogP contribution is -2.37. The van der Waals surface area contributed by atoms with Gasteiger partial charge >= 0.3 is 15.5 Å². The van der Waals surface area contributed by atoms with E-state index >= 15 is 0 Å². The maximum Gasteiger partial charge on any atom is 0.511 e. The number of hydrogen-bond acceptors (Lipinski definition) is 9. The Bertz CT molecular complexity index is 2460. The van der Waals surface area contributed by atoms with Gasteiger partial charge in [0.2, 0.25) is 11.6 Å². The van der Waals surface area contributed by atoms with Crippen molar-refractivity contribution in [3.8, 4) is 11.5 Å². The van der Waals surface area contributed by atoms with Gasteiger partial charge in [0.15, 0.2) is 0 Å². The number of methoxy groups -OCH3 is 2. The summed E-state index contributed by atoms with van der Waals surface area (Å²) in [5, 5.41) is 5.50. The summed E-state index contributed by atoms with van der Waals surface area (Å²) in [6.45, 7) is 5.10. The monoisotopic (exact) mass is 814 g/mol. The van der Waals surface area contributed by atoms with Gasteiger partial charge < -0.3 is 18.6 Å². The first-order valence-electron chi connectivity index (χ1n) is 16.8. The van der Waals surface area contributed by atoms with Crippen LogP contribution in [0.15, 0.2) is 77.9 Å². The van der Waals surface area contributed by atoms with Crippen molar-refractivity contribution in [2.75, 3.05) is 27.3 Å². The average molecular weight is 815 g/mol. The van der Waals surface area contributed by atoms with E-state index in [2.05, 4.69) is 20.7 Å². The Morgan fingerprint density at radius 1 is 0.782 bits per heavy atom. The molecule has 0 spiro atoms. The summed E-state index contributed by atoms with van der Waals surface area (Å²) >= 11 is 2.79. The minimum atomic E-state index is -5.34. The zero-order valence-electron chi connectivity index (χ0n) is 30.2. The lowest BCUT2D eigenvalue weighted by atomic mass is 10.1. The minimum Gasteiger partial charge on any atom is -0.497 e. The number of benzene rings is 2. The second-order valence-electron chi connectivity index (χ2n) is 12.2. The molecule has 55 heavy (non-hydrogen) atoms. The number of ketones is 2. The molecule has 18 heteroatoms. The Morgan fingerprint density at radius 2 is 1.22 bits per heavy atom. The Balaban J connectivity index is 0.000000214. The van der Waals surface area contributed by atoms with Crippen molar-refractivity contribution in [2.24, 2.45) is 5.11 Å². The molecular weight excluding hydrogens is 778 g/mol. The molecule has 0 bridgehead atoms. The summed E-state index contributed by atoms with van der Waals surface area (Å²) in [6.07, 6.45) is 0.938. The molecule has 1 N–H and O–H groups in total. The molecule has 6 aromatic rings. The van der Waals surface area contributed by atoms with Crippen LogP contribution in [0.2, 0.25) is 0 Å². The second kappa shape index (κ2) is 17.6. The molecule has 4 aromatic heterocycles. The van der Waals surface area contributed by atoms with Gasteiger partial charge in [-0.3, -0.25) is 9.59 Å². The van der Waals surface area contributed by atoms with E-state index in [0.29, 0.717) is 34.8 Å². The van der Waals surface area contributed by atoms with Gasteiger partial charge in [-0.25, -0.2) is 13.1 Å². The third-order valence-corrected chi connectivity index (χ3v) is 12.1. The number of hydrogen-bond donors (Lipinski definition) is 1. The highest BCUT2D eigenvalue weighted by atomic mass is 32.2. The number of aryl methyl sites for hydroxylation is 4. The van der Waals surface area contributed by atoms with Crippen LogP contribution in [0.3, 0.4) is 0 Å². The van der Waals surface area contributed by atoms with E-state index in [-0.39, 0.29) is 24.5 Å². The third-order valence-electron chi connectivity index (χ3n) is 8.56. The number of rotatable bonds is 15. The van der Waals surface area contributed by atoms with Gasteiger partial charge in [-0.05, 0) is 105 Å². The van der Waals surface area contributed by atoms with E-state index in [9.17, 15) is 31.2 Å². The van der Waals surface area contributed by atoms with Crippen LogP contribution in [0.1, 0.15) is 54.7 Å². The standard InChI is InChI=1S/C19H19F3N2O4S2.C18H18N4O2S/c1-12-10-14-11-16(17(25)13-4-6-15(28-2)7-5-13)29-18(14)24(12)9-3-8-23-30(26,27)19(20,21)22;1-12-10-14-11-16(17(23)13-4-6-15(24-2)7-5-13)25-18(14)22(12)9-3-8-20-21-19/h4-7,10-11,23H,3,8-9H2,1-2H3;4-7,10-11H,3,8-9H2,1-2H3. The van der Waals surface area contributed by atoms with Crippen LogP contribution in [-0.4, -0.2) is 61.9 Å². The van der Waals surface area contributed by atoms with Gasteiger partial charge in [-0.1, -0.05) is 5.11 Å². The van der Waals surface area contributed by atoms with Gasteiger partial charge in [-0.2, -0.15) is 13.2 Å². The molecule has 0 aliphatic carbocycles. The Morgan fingerprint density at radius 3 is 1.62 bits per heavy atom. The summed E-state index contributed by atoms with van der Waals surface area (Å²) < 4.78 is 75.1. The lowest BCUT2D eigenvalue weighted by molar-refractivity contribution is -0.0447. The number of azide groups is 1. The van der Waals surface area contributed by atoms with Crippen molar-refractivity contribution >= 4 is 64.7 Å². The van der Waals surface area contributed by atoms with E-state index in [1.54, 1.807) is 66.4 Å². The number of halogens is 3. The van der Waals surface area contributed by atoms with Crippen LogP contribution in [0.5, 0.6) is 11.5 Å². The molecule has 0 fully saturated rings. The number of alkyl halides is 3. The normalized spacial score (nSPS) is 11.6. The van der Waals surface area contributed by atoms with Crippen LogP contribution in [0.4, 0.5) is 13.2 Å². The Kier molecular flexibility index (Phi) is 13.1. The fourth-order valence-electron chi connectivity index (χ4n) is 5.76. The molecule has 12 nitrogen and oxygen atoms in total. The van der Waals surface area contributed by atoms with Crippen molar-refractivity contribution in [3.63, 3.8) is 0 Å². The third kappa shape index (κ3) is 9.58. The molecule has 4 heterocycles. The maximum absolute atomic E-state index is 12.8. The van der Waals surface area contributed by atoms with E-state index in [1.165, 1.54) is 29.8 Å². The Hall–Kier alpha value is -5.13. The Labute approximate surface area is 322 Å². The molecule has 0 unspecified atom stereocenters. The van der Waals surface area contributed by atoms with E-state index in [1.807, 2.05) is 30.5 Å². The summed E-state index contributed by atoms with van der Waals surface area (Å²) in [5.41, 5.74) is 6.22. The first kappa shape index (κ1) is 41.0. The number of sulfonamides is 1. The molecular formula is C37H37F3N6O6S3. The maximum atomic E-state index is 12.8. The molecule has 0 saturated carbocycles. The molecule has 0 aliphatic heterocycles. The SMILES string of the molecule is COc1ccc(C(=O)c2cc3cc(C)n(CCCN=[N+]=[N-])c3s2)cc1.COc1ccc(C(=O)c2cc3cc(C)n(CCCNS(=O)(=O)C(F)(F)F)c3s2)cc1. The molecule has 0 radical (unpaired) electrons. The number of nitrogens with one attached hydrogen (secondary N) is 1. The zero-order valence-corrected chi connectivity index (χ0v) is 32.7. The van der Waals surface area contributed by atoms with Crippen molar-refractivity contribution < 1.29 is 40.7 Å². The first-order valence-corrected chi connectivity index (χ1v) is 19.9. The molecule has 290 valence electrons. The number of aromatic nitrogens is 2. The van der Waals surface area contributed by atoms with E-state index in [0.717, 1.165) is 55.4 Å². The molecule has 0 aliphatic rings. The number of carbonyl (C=O) groups is 2. The fraction of sp³-hybridized carbons (Fsp3) is 0.297. The number of carbonyl (C=O) groups excluding carboxylic acids is 2. The number of ether oxygens (including phenoxy) is 2. The minimum absolute atomic E-state index is 0.0159. The van der Waals surface area contributed by atoms with Crippen molar-refractivity contribution in [1.82, 2.24) is 13.9 Å². The van der Waals surface area contributed by atoms with E-state index < -0.39 is 15.5 Å². The summed E-state index contributed by atoms with van der Waals surface area (Å²) in [4.78, 5) is 31.4. The van der Waals surface area contributed by atoms with Crippen LogP contribution >= 0.6 is 22.7 Å². The predicted octanol–water partition coefficient (Wildman–Crippen LogP) is 9.03. The number of thiophene rings is 2. The molecule has 2 aromatic carbocycles. The summed E-state index contributed by atoms with van der Waals surface area (Å²) in [7, 11) is -2.20. The van der Waals surface area contributed by atoms with Gasteiger partial charge in [-0.15, -0.1) is 22.7 Å². The second-order valence-corrected chi connectivity index (χ2v) is 16.1. The number of fused-ring (bicyclic) bond motifs is 2. The van der Waals surface area contributed by atoms with Gasteiger partial charge in [0.25, 0.3) is 0 Å². The molecule has 6 rings (SSSR count).